The molecule has 0 saturated carbocycles. The van der Waals surface area contributed by atoms with Gasteiger partial charge in [0.25, 0.3) is 0 Å². The molecule has 0 bridgehead atoms. The smallest absolute Gasteiger partial charge is 0.386 e. The van der Waals surface area contributed by atoms with Crippen LogP contribution in [0.2, 0.25) is 18.1 Å². The van der Waals surface area contributed by atoms with Crippen LogP contribution in [0.25, 0.3) is 0 Å². The average molecular weight is 557 g/mol. The van der Waals surface area contributed by atoms with Crippen molar-refractivity contribution in [2.75, 3.05) is 89.6 Å². The van der Waals surface area contributed by atoms with Gasteiger partial charge in [-0.15, -0.1) is 0 Å². The summed E-state index contributed by atoms with van der Waals surface area (Å²) in [7, 11) is 6.11. The van der Waals surface area contributed by atoms with Crippen LogP contribution in [0.15, 0.2) is 0 Å². The van der Waals surface area contributed by atoms with E-state index in [-0.39, 0.29) is 0 Å². The van der Waals surface area contributed by atoms with Crippen LogP contribution in [0.5, 0.6) is 0 Å². The molecule has 0 unspecified atom stereocenters. The van der Waals surface area contributed by atoms with Crippen LogP contribution in [0.4, 0.5) is 0 Å². The molecule has 1 rings (SSSR count). The summed E-state index contributed by atoms with van der Waals surface area (Å²) in [6.45, 7) is 4.74. The molecule has 0 aromatic heterocycles. The maximum Gasteiger partial charge on any atom is 0.500 e. The zero-order valence-corrected chi connectivity index (χ0v) is 26.6. The molecule has 1 heterocycles. The normalized spacial score (nSPS) is 18.1. The molecule has 1 fully saturated rings. The minimum Gasteiger partial charge on any atom is -0.386 e. The van der Waals surface area contributed by atoms with E-state index in [9.17, 15) is 0 Å². The molecular weight excluding hydrogens is 505 g/mol. The van der Waals surface area contributed by atoms with Crippen molar-refractivity contribution in [3.8, 4) is 0 Å². The maximum atomic E-state index is 6.08. The van der Waals surface area contributed by atoms with Gasteiger partial charge in [-0.2, -0.15) is 0 Å². The highest BCUT2D eigenvalue weighted by molar-refractivity contribution is 6.64. The Kier molecular flexibility index (Phi) is 16.8. The standard InChI is InChI=1S/C22H52N2O8Si3/c1-25-33(26-2)20-12-10-9-11-17-24(33)19-18-23(15-13-21-34(27-3,28-4)29-5)16-14-22-35(30-6,31-7)32-8/h9-22H2,1-8H3. The third kappa shape index (κ3) is 10.1. The highest BCUT2D eigenvalue weighted by atomic mass is 28.4. The Balaban J connectivity index is 2.86. The molecule has 10 nitrogen and oxygen atoms in total. The van der Waals surface area contributed by atoms with Crippen molar-refractivity contribution in [3.05, 3.63) is 0 Å². The molecule has 0 radical (unpaired) electrons. The number of hydrogen-bond donors (Lipinski definition) is 0. The first-order chi connectivity index (χ1) is 16.9. The van der Waals surface area contributed by atoms with E-state index >= 15 is 0 Å². The minimum atomic E-state index is -2.59. The monoisotopic (exact) mass is 556 g/mol. The second-order valence-corrected chi connectivity index (χ2v) is 18.5. The lowest BCUT2D eigenvalue weighted by atomic mass is 10.2. The summed E-state index contributed by atoms with van der Waals surface area (Å²) < 4.78 is 48.4. The Morgan fingerprint density at radius 2 is 1.09 bits per heavy atom. The average Bonchev–Trinajstić information content (AvgIpc) is 2.89. The predicted molar refractivity (Wildman–Crippen MR) is 143 cm³/mol. The van der Waals surface area contributed by atoms with Gasteiger partial charge in [-0.05, 0) is 45.3 Å². The molecule has 0 spiro atoms. The Bertz CT molecular complexity index is 498. The highest BCUT2D eigenvalue weighted by Gasteiger charge is 2.43. The molecule has 1 aliphatic rings. The molecule has 1 saturated heterocycles. The van der Waals surface area contributed by atoms with Gasteiger partial charge >= 0.3 is 26.3 Å². The molecule has 210 valence electrons. The minimum absolute atomic E-state index is 0.776. The lowest BCUT2D eigenvalue weighted by Gasteiger charge is -2.40. The number of nitrogens with zero attached hydrogens (tertiary/aromatic N) is 2. The fraction of sp³-hybridized carbons (Fsp3) is 1.00. The molecule has 35 heavy (non-hydrogen) atoms. The molecule has 13 heteroatoms. The maximum absolute atomic E-state index is 6.08. The summed E-state index contributed by atoms with van der Waals surface area (Å²) >= 11 is 0. The van der Waals surface area contributed by atoms with Gasteiger partial charge in [-0.1, -0.05) is 12.8 Å². The fourth-order valence-corrected chi connectivity index (χ4v) is 11.4. The second-order valence-electron chi connectivity index (χ2n) is 8.91. The summed E-state index contributed by atoms with van der Waals surface area (Å²) in [6, 6.07) is 2.57. The zero-order chi connectivity index (χ0) is 26.2. The van der Waals surface area contributed by atoms with Gasteiger partial charge in [-0.3, -0.25) is 4.57 Å². The fourth-order valence-electron chi connectivity index (χ4n) is 4.91. The van der Waals surface area contributed by atoms with Crippen molar-refractivity contribution in [3.63, 3.8) is 0 Å². The van der Waals surface area contributed by atoms with Gasteiger partial charge in [-0.25, -0.2) is 0 Å². The van der Waals surface area contributed by atoms with E-state index in [1.165, 1.54) is 25.7 Å². The van der Waals surface area contributed by atoms with Gasteiger partial charge in [0.1, 0.15) is 0 Å². The summed E-state index contributed by atoms with van der Waals surface area (Å²) in [6.07, 6.45) is 6.75. The van der Waals surface area contributed by atoms with E-state index in [2.05, 4.69) is 9.47 Å². The first-order valence-corrected chi connectivity index (χ1v) is 18.6. The lowest BCUT2D eigenvalue weighted by molar-refractivity contribution is 0.117. The second kappa shape index (κ2) is 17.7. The van der Waals surface area contributed by atoms with Crippen molar-refractivity contribution < 1.29 is 35.4 Å². The van der Waals surface area contributed by atoms with E-state index in [0.717, 1.165) is 63.7 Å². The van der Waals surface area contributed by atoms with E-state index in [1.54, 1.807) is 42.7 Å². The van der Waals surface area contributed by atoms with E-state index in [1.807, 2.05) is 14.2 Å². The summed E-state index contributed by atoms with van der Waals surface area (Å²) in [4.78, 5) is 2.50. The SMILES string of the molecule is CO[Si](CCCN(CCC[Si](OC)(OC)OC)CCN1CCCCCC[Si]1(OC)OC)(OC)OC. The Hall–Kier alpha value is 0.251. The molecular formula is C22H52N2O8Si3. The van der Waals surface area contributed by atoms with Crippen LogP contribution in [0.3, 0.4) is 0 Å². The van der Waals surface area contributed by atoms with Crippen molar-refractivity contribution in [2.45, 2.75) is 56.7 Å². The van der Waals surface area contributed by atoms with Crippen LogP contribution < -0.4 is 0 Å². The molecule has 0 N–H and O–H groups in total. The zero-order valence-electron chi connectivity index (χ0n) is 23.6. The Labute approximate surface area is 217 Å². The van der Waals surface area contributed by atoms with Gasteiger partial charge in [0.2, 0.25) is 0 Å². The molecule has 0 aliphatic carbocycles. The van der Waals surface area contributed by atoms with E-state index < -0.39 is 26.3 Å². The first-order valence-electron chi connectivity index (χ1n) is 12.8. The van der Waals surface area contributed by atoms with E-state index in [4.69, 9.17) is 35.4 Å². The van der Waals surface area contributed by atoms with Crippen molar-refractivity contribution >= 4 is 26.3 Å². The first kappa shape index (κ1) is 33.3. The highest BCUT2D eigenvalue weighted by Crippen LogP contribution is 2.25. The summed E-state index contributed by atoms with van der Waals surface area (Å²) in [5, 5.41) is 0. The number of hydrogen-bond acceptors (Lipinski definition) is 10. The molecule has 0 aromatic rings. The molecule has 0 atom stereocenters. The van der Waals surface area contributed by atoms with Crippen LogP contribution in [-0.2, 0) is 35.4 Å². The van der Waals surface area contributed by atoms with Crippen molar-refractivity contribution in [2.24, 2.45) is 0 Å². The van der Waals surface area contributed by atoms with E-state index in [0.29, 0.717) is 0 Å². The van der Waals surface area contributed by atoms with Gasteiger partial charge in [0, 0.05) is 88.1 Å². The van der Waals surface area contributed by atoms with Gasteiger partial charge < -0.3 is 40.3 Å². The lowest BCUT2D eigenvalue weighted by Crippen LogP contribution is -2.59. The third-order valence-corrected chi connectivity index (χ3v) is 16.6. The Morgan fingerprint density at radius 1 is 0.629 bits per heavy atom. The summed E-state index contributed by atoms with van der Waals surface area (Å²) in [5.41, 5.74) is 0. The molecule has 1 aliphatic heterocycles. The van der Waals surface area contributed by atoms with Crippen LogP contribution >= 0.6 is 0 Å². The van der Waals surface area contributed by atoms with Crippen molar-refractivity contribution in [1.29, 1.82) is 0 Å². The van der Waals surface area contributed by atoms with Crippen molar-refractivity contribution in [1.82, 2.24) is 9.47 Å². The topological polar surface area (TPSA) is 80.3 Å². The van der Waals surface area contributed by atoms with Gasteiger partial charge in [0.15, 0.2) is 0 Å². The molecule has 0 amide bonds. The van der Waals surface area contributed by atoms with Crippen LogP contribution in [0, 0.1) is 0 Å². The van der Waals surface area contributed by atoms with Crippen LogP contribution in [-0.4, -0.2) is 125 Å². The predicted octanol–water partition coefficient (Wildman–Crippen LogP) is 2.93. The van der Waals surface area contributed by atoms with Crippen LogP contribution in [0.1, 0.15) is 38.5 Å². The molecule has 0 aromatic carbocycles. The third-order valence-electron chi connectivity index (χ3n) is 7.26. The number of rotatable bonds is 19. The largest absolute Gasteiger partial charge is 0.500 e. The van der Waals surface area contributed by atoms with Gasteiger partial charge in [0.05, 0.1) is 0 Å². The Morgan fingerprint density at radius 3 is 1.51 bits per heavy atom. The quantitative estimate of drug-likeness (QED) is 0.222. The summed E-state index contributed by atoms with van der Waals surface area (Å²) in [5.74, 6) is 0.